The molecule has 88 valence electrons. The van der Waals surface area contributed by atoms with Crippen molar-refractivity contribution >= 4 is 5.84 Å². The lowest BCUT2D eigenvalue weighted by atomic mass is 10.1. The summed E-state index contributed by atoms with van der Waals surface area (Å²) in [7, 11) is 0. The van der Waals surface area contributed by atoms with E-state index in [2.05, 4.69) is 23.9 Å². The molecule has 0 unspecified atom stereocenters. The van der Waals surface area contributed by atoms with E-state index in [0.717, 1.165) is 6.54 Å². The molecular weight excluding hydrogens is 190 g/mol. The van der Waals surface area contributed by atoms with Gasteiger partial charge in [-0.15, -0.1) is 0 Å². The van der Waals surface area contributed by atoms with E-state index in [1.165, 1.54) is 25.7 Å². The highest BCUT2D eigenvalue weighted by Crippen LogP contribution is 2.25. The first-order chi connectivity index (χ1) is 7.15. The van der Waals surface area contributed by atoms with Crippen LogP contribution in [0.15, 0.2) is 5.16 Å². The monoisotopic (exact) mass is 213 g/mol. The second-order valence-corrected chi connectivity index (χ2v) is 4.61. The molecule has 0 aromatic carbocycles. The van der Waals surface area contributed by atoms with Crippen molar-refractivity contribution in [3.63, 3.8) is 0 Å². The Morgan fingerprint density at radius 1 is 1.47 bits per heavy atom. The van der Waals surface area contributed by atoms with E-state index < -0.39 is 0 Å². The van der Waals surface area contributed by atoms with E-state index >= 15 is 0 Å². The first-order valence-corrected chi connectivity index (χ1v) is 5.87. The van der Waals surface area contributed by atoms with Crippen molar-refractivity contribution in [2.75, 3.05) is 6.54 Å². The second kappa shape index (κ2) is 5.95. The van der Waals surface area contributed by atoms with Crippen molar-refractivity contribution in [3.05, 3.63) is 0 Å². The van der Waals surface area contributed by atoms with Crippen LogP contribution in [0.3, 0.4) is 0 Å². The highest BCUT2D eigenvalue weighted by molar-refractivity contribution is 5.79. The van der Waals surface area contributed by atoms with Crippen LogP contribution < -0.4 is 5.73 Å². The van der Waals surface area contributed by atoms with Crippen molar-refractivity contribution < 1.29 is 5.21 Å². The van der Waals surface area contributed by atoms with Crippen LogP contribution in [-0.4, -0.2) is 34.6 Å². The van der Waals surface area contributed by atoms with Gasteiger partial charge in [-0.2, -0.15) is 0 Å². The molecule has 0 aromatic rings. The highest BCUT2D eigenvalue weighted by Gasteiger charge is 2.24. The van der Waals surface area contributed by atoms with E-state index in [1.807, 2.05) is 0 Å². The summed E-state index contributed by atoms with van der Waals surface area (Å²) in [5.41, 5.74) is 5.49. The summed E-state index contributed by atoms with van der Waals surface area (Å²) in [4.78, 5) is 2.48. The molecule has 0 atom stereocenters. The molecule has 0 aromatic heterocycles. The largest absolute Gasteiger partial charge is 0.409 e. The number of nitrogens with two attached hydrogens (primary N) is 1. The Morgan fingerprint density at radius 2 is 2.07 bits per heavy atom. The van der Waals surface area contributed by atoms with Crippen LogP contribution in [0.4, 0.5) is 0 Å². The third-order valence-corrected chi connectivity index (χ3v) is 3.21. The smallest absolute Gasteiger partial charge is 0.140 e. The second-order valence-electron chi connectivity index (χ2n) is 4.61. The van der Waals surface area contributed by atoms with Crippen LogP contribution in [0, 0.1) is 0 Å². The molecular formula is C11H23N3O. The molecule has 4 nitrogen and oxygen atoms in total. The third-order valence-electron chi connectivity index (χ3n) is 3.21. The van der Waals surface area contributed by atoms with Crippen LogP contribution in [0.5, 0.6) is 0 Å². The Morgan fingerprint density at radius 3 is 2.53 bits per heavy atom. The maximum atomic E-state index is 8.50. The Hall–Kier alpha value is -0.770. The molecule has 1 rings (SSSR count). The number of nitrogens with zero attached hydrogens (tertiary/aromatic N) is 2. The minimum atomic E-state index is 0.332. The molecule has 0 spiro atoms. The van der Waals surface area contributed by atoms with Crippen molar-refractivity contribution in [2.24, 2.45) is 10.9 Å². The lowest BCUT2D eigenvalue weighted by Crippen LogP contribution is -2.40. The Balaban J connectivity index is 2.43. The zero-order valence-corrected chi connectivity index (χ0v) is 9.82. The number of rotatable bonds is 5. The standard InChI is InChI=1S/C11H23N3O/c1-9(2)14(8-7-11(12)13-15)10-5-3-4-6-10/h9-10,15H,3-8H2,1-2H3,(H2,12,13). The Bertz CT molecular complexity index is 210. The van der Waals surface area contributed by atoms with Gasteiger partial charge in [0.15, 0.2) is 0 Å². The van der Waals surface area contributed by atoms with Crippen LogP contribution in [0.2, 0.25) is 0 Å². The normalized spacial score (nSPS) is 19.3. The SMILES string of the molecule is CC(C)N(CCC(N)=NO)C1CCCC1. The fourth-order valence-electron chi connectivity index (χ4n) is 2.39. The molecule has 0 heterocycles. The molecule has 1 saturated carbocycles. The van der Waals surface area contributed by atoms with Gasteiger partial charge in [0.1, 0.15) is 5.84 Å². The molecule has 1 fully saturated rings. The molecule has 4 heteroatoms. The van der Waals surface area contributed by atoms with Gasteiger partial charge in [-0.1, -0.05) is 18.0 Å². The van der Waals surface area contributed by atoms with Gasteiger partial charge in [-0.05, 0) is 26.7 Å². The zero-order chi connectivity index (χ0) is 11.3. The van der Waals surface area contributed by atoms with E-state index in [9.17, 15) is 0 Å². The summed E-state index contributed by atoms with van der Waals surface area (Å²) in [6.07, 6.45) is 5.95. The maximum Gasteiger partial charge on any atom is 0.140 e. The fraction of sp³-hybridized carbons (Fsp3) is 0.909. The van der Waals surface area contributed by atoms with E-state index in [0.29, 0.717) is 24.3 Å². The minimum Gasteiger partial charge on any atom is -0.409 e. The average molecular weight is 213 g/mol. The van der Waals surface area contributed by atoms with Gasteiger partial charge < -0.3 is 10.9 Å². The zero-order valence-electron chi connectivity index (χ0n) is 9.82. The van der Waals surface area contributed by atoms with Gasteiger partial charge in [0.25, 0.3) is 0 Å². The first kappa shape index (κ1) is 12.3. The number of oxime groups is 1. The van der Waals surface area contributed by atoms with Gasteiger partial charge in [0.2, 0.25) is 0 Å². The molecule has 3 N–H and O–H groups in total. The van der Waals surface area contributed by atoms with Crippen LogP contribution in [-0.2, 0) is 0 Å². The van der Waals surface area contributed by atoms with Gasteiger partial charge in [0.05, 0.1) is 0 Å². The van der Waals surface area contributed by atoms with Crippen molar-refractivity contribution in [3.8, 4) is 0 Å². The summed E-state index contributed by atoms with van der Waals surface area (Å²) < 4.78 is 0. The van der Waals surface area contributed by atoms with Crippen LogP contribution >= 0.6 is 0 Å². The Labute approximate surface area is 92.1 Å². The summed E-state index contributed by atoms with van der Waals surface area (Å²) in [6.45, 7) is 5.33. The van der Waals surface area contributed by atoms with Gasteiger partial charge in [-0.3, -0.25) is 4.90 Å². The Kier molecular flexibility index (Phi) is 4.88. The van der Waals surface area contributed by atoms with Crippen LogP contribution in [0.25, 0.3) is 0 Å². The fourth-order valence-corrected chi connectivity index (χ4v) is 2.39. The summed E-state index contributed by atoms with van der Waals surface area (Å²) in [5, 5.41) is 11.5. The molecule has 0 radical (unpaired) electrons. The number of amidine groups is 1. The predicted molar refractivity (Wildman–Crippen MR) is 62.1 cm³/mol. The van der Waals surface area contributed by atoms with Crippen LogP contribution in [0.1, 0.15) is 46.0 Å². The van der Waals surface area contributed by atoms with Gasteiger partial charge >= 0.3 is 0 Å². The maximum absolute atomic E-state index is 8.50. The molecule has 0 aliphatic heterocycles. The van der Waals surface area contributed by atoms with E-state index in [4.69, 9.17) is 10.9 Å². The first-order valence-electron chi connectivity index (χ1n) is 5.87. The predicted octanol–water partition coefficient (Wildman–Crippen LogP) is 1.78. The average Bonchev–Trinajstić information content (AvgIpc) is 2.70. The van der Waals surface area contributed by atoms with Crippen molar-refractivity contribution in [2.45, 2.75) is 58.0 Å². The molecule has 0 amide bonds. The molecule has 15 heavy (non-hydrogen) atoms. The molecule has 0 saturated heterocycles. The van der Waals surface area contributed by atoms with E-state index in [-0.39, 0.29) is 0 Å². The van der Waals surface area contributed by atoms with Gasteiger partial charge in [0, 0.05) is 25.0 Å². The molecule has 1 aliphatic carbocycles. The summed E-state index contributed by atoms with van der Waals surface area (Å²) in [6, 6.07) is 1.25. The molecule has 1 aliphatic rings. The third kappa shape index (κ3) is 3.70. The van der Waals surface area contributed by atoms with Gasteiger partial charge in [-0.25, -0.2) is 0 Å². The lowest BCUT2D eigenvalue weighted by molar-refractivity contribution is 0.159. The van der Waals surface area contributed by atoms with E-state index in [1.54, 1.807) is 0 Å². The topological polar surface area (TPSA) is 61.8 Å². The minimum absolute atomic E-state index is 0.332. The molecule has 0 bridgehead atoms. The quantitative estimate of drug-likeness (QED) is 0.317. The van der Waals surface area contributed by atoms with Crippen molar-refractivity contribution in [1.82, 2.24) is 4.90 Å². The highest BCUT2D eigenvalue weighted by atomic mass is 16.4. The summed E-state index contributed by atoms with van der Waals surface area (Å²) in [5.74, 6) is 0.332. The number of hydrogen-bond acceptors (Lipinski definition) is 3. The number of hydrogen-bond donors (Lipinski definition) is 2. The summed E-state index contributed by atoms with van der Waals surface area (Å²) >= 11 is 0. The lowest BCUT2D eigenvalue weighted by Gasteiger charge is -2.32. The van der Waals surface area contributed by atoms with Crippen molar-refractivity contribution in [1.29, 1.82) is 0 Å².